The highest BCUT2D eigenvalue weighted by molar-refractivity contribution is 9.12. The van der Waals surface area contributed by atoms with Gasteiger partial charge in [0.1, 0.15) is 6.54 Å². The Balaban J connectivity index is 1.50. The van der Waals surface area contributed by atoms with E-state index in [2.05, 4.69) is 37.2 Å². The van der Waals surface area contributed by atoms with Crippen LogP contribution in [0.1, 0.15) is 12.8 Å². The highest BCUT2D eigenvalue weighted by Crippen LogP contribution is 2.43. The number of carbonyl (C=O) groups excluding carboxylic acids is 3. The van der Waals surface area contributed by atoms with Crippen LogP contribution in [0.3, 0.4) is 0 Å². The third-order valence-corrected chi connectivity index (χ3v) is 8.10. The van der Waals surface area contributed by atoms with Gasteiger partial charge in [0.15, 0.2) is 0 Å². The Morgan fingerprint density at radius 2 is 1.56 bits per heavy atom. The Kier molecular flexibility index (Phi) is 5.07. The van der Waals surface area contributed by atoms with Crippen LogP contribution in [-0.4, -0.2) is 38.8 Å². The number of anilines is 1. The summed E-state index contributed by atoms with van der Waals surface area (Å²) in [6.07, 6.45) is 1.21. The van der Waals surface area contributed by atoms with Gasteiger partial charge in [-0.3, -0.25) is 19.3 Å². The number of fused-ring (bicyclic) bond motifs is 2. The molecule has 3 amide bonds. The molecule has 1 N–H and O–H groups in total. The molecule has 2 aromatic rings. The first-order valence-electron chi connectivity index (χ1n) is 8.86. The number of benzene rings is 2. The van der Waals surface area contributed by atoms with E-state index in [1.165, 1.54) is 0 Å². The highest BCUT2D eigenvalue weighted by Gasteiger charge is 2.52. The Hall–Kier alpha value is -1.73. The van der Waals surface area contributed by atoms with Crippen LogP contribution >= 0.6 is 31.9 Å². The molecule has 1 aliphatic heterocycles. The molecule has 5 nitrogen and oxygen atoms in total. The summed E-state index contributed by atoms with van der Waals surface area (Å²) in [4.78, 5) is 39.4. The van der Waals surface area contributed by atoms with E-state index in [1.807, 2.05) is 42.5 Å². The molecule has 4 atom stereocenters. The Labute approximate surface area is 173 Å². The largest absolute Gasteiger partial charge is 0.324 e. The number of amides is 3. The molecule has 0 spiro atoms. The zero-order chi connectivity index (χ0) is 19.1. The monoisotopic (exact) mass is 492 g/mol. The van der Waals surface area contributed by atoms with Gasteiger partial charge in [-0.2, -0.15) is 0 Å². The molecule has 7 heteroatoms. The fraction of sp³-hybridized carbons (Fsp3) is 0.350. The third-order valence-electron chi connectivity index (χ3n) is 5.37. The topological polar surface area (TPSA) is 66.5 Å². The fourth-order valence-corrected chi connectivity index (χ4v) is 5.22. The maximum atomic E-state index is 12.7. The second-order valence-electron chi connectivity index (χ2n) is 7.05. The van der Waals surface area contributed by atoms with Gasteiger partial charge in [-0.15, -0.1) is 0 Å². The lowest BCUT2D eigenvalue weighted by Gasteiger charge is -2.29. The number of alkyl halides is 2. The van der Waals surface area contributed by atoms with E-state index in [9.17, 15) is 14.4 Å². The number of nitrogens with zero attached hydrogens (tertiary/aromatic N) is 1. The van der Waals surface area contributed by atoms with Crippen molar-refractivity contribution in [1.29, 1.82) is 0 Å². The predicted molar refractivity (Wildman–Crippen MR) is 111 cm³/mol. The van der Waals surface area contributed by atoms with Crippen molar-refractivity contribution in [3.63, 3.8) is 0 Å². The number of hydrogen-bond donors (Lipinski definition) is 1. The standard InChI is InChI=1S/C20H18Br2N2O3/c21-15-8-13-14(9-16(15)22)20(27)24(19(13)26)10-18(25)23-17-7-3-5-11-4-1-2-6-12(11)17/h1-7,13-16H,8-10H2,(H,23,25)/t13-,14+,15-,16-/m0/s1. The zero-order valence-electron chi connectivity index (χ0n) is 14.4. The van der Waals surface area contributed by atoms with E-state index in [1.54, 1.807) is 0 Å². The van der Waals surface area contributed by atoms with E-state index >= 15 is 0 Å². The number of carbonyl (C=O) groups is 3. The van der Waals surface area contributed by atoms with Crippen molar-refractivity contribution in [2.45, 2.75) is 22.5 Å². The quantitative estimate of drug-likeness (QED) is 0.523. The van der Waals surface area contributed by atoms with Gasteiger partial charge in [-0.25, -0.2) is 0 Å². The number of imide groups is 1. The van der Waals surface area contributed by atoms with Crippen molar-refractivity contribution in [3.05, 3.63) is 42.5 Å². The molecule has 1 saturated heterocycles. The van der Waals surface area contributed by atoms with Crippen LogP contribution in [0.5, 0.6) is 0 Å². The molecule has 1 heterocycles. The summed E-state index contributed by atoms with van der Waals surface area (Å²) in [5, 5.41) is 4.79. The van der Waals surface area contributed by atoms with Gasteiger partial charge < -0.3 is 5.32 Å². The fourth-order valence-electron chi connectivity index (χ4n) is 3.99. The molecule has 2 aliphatic rings. The third kappa shape index (κ3) is 3.43. The lowest BCUT2D eigenvalue weighted by molar-refractivity contribution is -0.142. The zero-order valence-corrected chi connectivity index (χ0v) is 17.6. The van der Waals surface area contributed by atoms with Crippen LogP contribution in [0.2, 0.25) is 0 Å². The minimum absolute atomic E-state index is 0.153. The molecular formula is C20H18Br2N2O3. The van der Waals surface area contributed by atoms with E-state index in [-0.39, 0.29) is 45.8 Å². The molecule has 2 fully saturated rings. The summed E-state index contributed by atoms with van der Waals surface area (Å²) < 4.78 is 0. The lowest BCUT2D eigenvalue weighted by atomic mass is 9.81. The molecule has 0 unspecified atom stereocenters. The van der Waals surface area contributed by atoms with E-state index in [0.717, 1.165) is 15.7 Å². The van der Waals surface area contributed by atoms with Gasteiger partial charge in [-0.1, -0.05) is 68.3 Å². The lowest BCUT2D eigenvalue weighted by Crippen LogP contribution is -2.38. The molecule has 1 aliphatic carbocycles. The molecule has 0 bridgehead atoms. The van der Waals surface area contributed by atoms with Gasteiger partial charge in [0.2, 0.25) is 17.7 Å². The summed E-state index contributed by atoms with van der Waals surface area (Å²) in [7, 11) is 0. The van der Waals surface area contributed by atoms with E-state index in [4.69, 9.17) is 0 Å². The van der Waals surface area contributed by atoms with Crippen LogP contribution in [0.25, 0.3) is 10.8 Å². The number of likely N-dealkylation sites (tertiary alicyclic amines) is 1. The number of nitrogens with one attached hydrogen (secondary N) is 1. The van der Waals surface area contributed by atoms with E-state index in [0.29, 0.717) is 18.5 Å². The smallest absolute Gasteiger partial charge is 0.244 e. The van der Waals surface area contributed by atoms with Crippen LogP contribution in [0, 0.1) is 11.8 Å². The van der Waals surface area contributed by atoms with Crippen molar-refractivity contribution in [2.24, 2.45) is 11.8 Å². The van der Waals surface area contributed by atoms with Crippen molar-refractivity contribution in [2.75, 3.05) is 11.9 Å². The first kappa shape index (κ1) is 18.6. The molecule has 1 saturated carbocycles. The molecule has 27 heavy (non-hydrogen) atoms. The van der Waals surface area contributed by atoms with E-state index < -0.39 is 0 Å². The average Bonchev–Trinajstić information content (AvgIpc) is 2.87. The van der Waals surface area contributed by atoms with Crippen LogP contribution in [-0.2, 0) is 14.4 Å². The Bertz CT molecular complexity index is 899. The minimum Gasteiger partial charge on any atom is -0.324 e. The van der Waals surface area contributed by atoms with Gasteiger partial charge in [0, 0.05) is 20.7 Å². The SMILES string of the molecule is O=C(CN1C(=O)[C@H]2C[C@H](Br)[C@@H](Br)C[C@H]2C1=O)Nc1cccc2ccccc12. The first-order valence-corrected chi connectivity index (χ1v) is 10.7. The molecule has 0 aromatic heterocycles. The van der Waals surface area contributed by atoms with Gasteiger partial charge in [0.25, 0.3) is 0 Å². The Morgan fingerprint density at radius 3 is 2.22 bits per heavy atom. The summed E-state index contributed by atoms with van der Waals surface area (Å²) in [5.41, 5.74) is 0.677. The van der Waals surface area contributed by atoms with Gasteiger partial charge in [0.05, 0.1) is 11.8 Å². The second-order valence-corrected chi connectivity index (χ2v) is 9.41. The first-order chi connectivity index (χ1) is 13.0. The van der Waals surface area contributed by atoms with Crippen LogP contribution in [0.15, 0.2) is 42.5 Å². The van der Waals surface area contributed by atoms with Gasteiger partial charge >= 0.3 is 0 Å². The number of rotatable bonds is 3. The Morgan fingerprint density at radius 1 is 0.963 bits per heavy atom. The molecule has 4 rings (SSSR count). The minimum atomic E-state index is -0.363. The molecule has 2 aromatic carbocycles. The number of hydrogen-bond acceptors (Lipinski definition) is 3. The van der Waals surface area contributed by atoms with Crippen molar-refractivity contribution in [3.8, 4) is 0 Å². The van der Waals surface area contributed by atoms with Crippen molar-refractivity contribution in [1.82, 2.24) is 4.90 Å². The maximum Gasteiger partial charge on any atom is 0.244 e. The van der Waals surface area contributed by atoms with Gasteiger partial charge in [-0.05, 0) is 24.3 Å². The second kappa shape index (κ2) is 7.36. The predicted octanol–water partition coefficient (Wildman–Crippen LogP) is 3.70. The average molecular weight is 494 g/mol. The van der Waals surface area contributed by atoms with Crippen LogP contribution in [0.4, 0.5) is 5.69 Å². The number of halogens is 2. The summed E-state index contributed by atoms with van der Waals surface area (Å²) >= 11 is 7.13. The molecule has 140 valence electrons. The highest BCUT2D eigenvalue weighted by atomic mass is 79.9. The summed E-state index contributed by atoms with van der Waals surface area (Å²) in [5.74, 6) is -1.50. The maximum absolute atomic E-state index is 12.7. The molecular weight excluding hydrogens is 476 g/mol. The normalized spacial score (nSPS) is 27.7. The summed E-state index contributed by atoms with van der Waals surface area (Å²) in [6.45, 7) is -0.242. The van der Waals surface area contributed by atoms with Crippen molar-refractivity contribution < 1.29 is 14.4 Å². The van der Waals surface area contributed by atoms with Crippen LogP contribution < -0.4 is 5.32 Å². The summed E-state index contributed by atoms with van der Waals surface area (Å²) in [6, 6.07) is 13.4. The molecule has 0 radical (unpaired) electrons. The van der Waals surface area contributed by atoms with Crippen molar-refractivity contribution >= 4 is 66.0 Å².